The molecule has 212 valence electrons. The molecule has 10 nitrogen and oxygen atoms in total. The summed E-state index contributed by atoms with van der Waals surface area (Å²) in [5.74, 6) is -2.45. The third-order valence-electron chi connectivity index (χ3n) is 6.57. The summed E-state index contributed by atoms with van der Waals surface area (Å²) in [5, 5.41) is 0. The molecule has 2 heterocycles. The molecule has 10 heteroatoms. The van der Waals surface area contributed by atoms with E-state index in [-0.39, 0.29) is 41.4 Å². The molecule has 1 fully saturated rings. The molecule has 0 spiro atoms. The molecule has 0 N–H and O–H groups in total. The normalized spacial score (nSPS) is 22.2. The van der Waals surface area contributed by atoms with Crippen molar-refractivity contribution in [3.8, 4) is 11.5 Å². The summed E-state index contributed by atoms with van der Waals surface area (Å²) in [4.78, 5) is 54.3. The van der Waals surface area contributed by atoms with Crippen molar-refractivity contribution in [3.05, 3.63) is 18.0 Å². The van der Waals surface area contributed by atoms with Gasteiger partial charge in [-0.15, -0.1) is 0 Å². The Balaban J connectivity index is 2.23. The molecule has 0 radical (unpaired) electrons. The number of ketones is 1. The molecule has 4 atom stereocenters. The summed E-state index contributed by atoms with van der Waals surface area (Å²) in [6, 6.07) is 1.52. The highest BCUT2D eigenvalue weighted by molar-refractivity contribution is 5.99. The van der Waals surface area contributed by atoms with Gasteiger partial charge in [0, 0.05) is 25.6 Å². The fourth-order valence-corrected chi connectivity index (χ4v) is 4.56. The van der Waals surface area contributed by atoms with Crippen molar-refractivity contribution < 1.29 is 42.9 Å². The maximum atomic E-state index is 13.3. The van der Waals surface area contributed by atoms with Gasteiger partial charge in [0.25, 0.3) is 0 Å². The molecule has 0 aliphatic carbocycles. The lowest BCUT2D eigenvalue weighted by Gasteiger charge is -2.33. The third kappa shape index (κ3) is 8.99. The number of rotatable bonds is 11. The first-order chi connectivity index (χ1) is 18.1. The molecule has 0 amide bonds. The topological polar surface area (TPSA) is 127 Å². The van der Waals surface area contributed by atoms with Crippen LogP contribution in [-0.2, 0) is 28.6 Å². The van der Waals surface area contributed by atoms with Crippen LogP contribution in [0.1, 0.15) is 90.1 Å². The van der Waals surface area contributed by atoms with Gasteiger partial charge >= 0.3 is 17.9 Å². The van der Waals surface area contributed by atoms with E-state index in [2.05, 4.69) is 11.9 Å². The van der Waals surface area contributed by atoms with E-state index in [0.717, 1.165) is 25.7 Å². The molecule has 0 bridgehead atoms. The molecule has 1 aromatic rings. The van der Waals surface area contributed by atoms with Gasteiger partial charge in [-0.3, -0.25) is 19.2 Å². The summed E-state index contributed by atoms with van der Waals surface area (Å²) in [5.41, 5.74) is -0.0267. The average molecular weight is 536 g/mol. The number of carbonyl (C=O) groups excluding carboxylic acids is 4. The number of methoxy groups -OCH3 is 1. The Bertz CT molecular complexity index is 962. The second kappa shape index (κ2) is 15.3. The molecule has 2 rings (SSSR count). The molecule has 0 aromatic carbocycles. The van der Waals surface area contributed by atoms with Crippen LogP contribution in [0.25, 0.3) is 0 Å². The maximum Gasteiger partial charge on any atom is 0.309 e. The van der Waals surface area contributed by atoms with Gasteiger partial charge in [0.15, 0.2) is 23.0 Å². The second-order valence-corrected chi connectivity index (χ2v) is 9.94. The summed E-state index contributed by atoms with van der Waals surface area (Å²) >= 11 is 0. The highest BCUT2D eigenvalue weighted by atomic mass is 16.7. The van der Waals surface area contributed by atoms with Crippen LogP contribution in [0.2, 0.25) is 0 Å². The molecule has 1 aliphatic rings. The Morgan fingerprint density at radius 2 is 1.89 bits per heavy atom. The van der Waals surface area contributed by atoms with E-state index in [9.17, 15) is 19.2 Å². The Morgan fingerprint density at radius 3 is 2.53 bits per heavy atom. The quantitative estimate of drug-likeness (QED) is 0.171. The number of cyclic esters (lactones) is 1. The van der Waals surface area contributed by atoms with E-state index < -0.39 is 42.6 Å². The molecule has 1 aromatic heterocycles. The van der Waals surface area contributed by atoms with Crippen molar-refractivity contribution >= 4 is 23.7 Å². The summed E-state index contributed by atoms with van der Waals surface area (Å²) in [7, 11) is 1.41. The van der Waals surface area contributed by atoms with Crippen LogP contribution in [0.4, 0.5) is 0 Å². The van der Waals surface area contributed by atoms with E-state index in [1.165, 1.54) is 26.3 Å². The van der Waals surface area contributed by atoms with Gasteiger partial charge in [-0.05, 0) is 32.1 Å². The van der Waals surface area contributed by atoms with Crippen molar-refractivity contribution in [1.29, 1.82) is 0 Å². The summed E-state index contributed by atoms with van der Waals surface area (Å²) in [6.45, 7) is 8.18. The van der Waals surface area contributed by atoms with Gasteiger partial charge in [-0.1, -0.05) is 40.0 Å². The summed E-state index contributed by atoms with van der Waals surface area (Å²) < 4.78 is 27.2. The number of ether oxygens (including phenoxy) is 5. The van der Waals surface area contributed by atoms with Crippen LogP contribution < -0.4 is 9.47 Å². The maximum absolute atomic E-state index is 13.3. The minimum atomic E-state index is -0.705. The lowest BCUT2D eigenvalue weighted by atomic mass is 9.86. The monoisotopic (exact) mass is 535 g/mol. The Morgan fingerprint density at radius 1 is 1.18 bits per heavy atom. The average Bonchev–Trinajstić information content (AvgIpc) is 2.87. The number of pyridine rings is 1. The first-order valence-electron chi connectivity index (χ1n) is 13.3. The summed E-state index contributed by atoms with van der Waals surface area (Å²) in [6.07, 6.45) is 4.68. The first-order valence-corrected chi connectivity index (χ1v) is 13.3. The highest BCUT2D eigenvalue weighted by Crippen LogP contribution is 2.33. The zero-order valence-electron chi connectivity index (χ0n) is 23.3. The third-order valence-corrected chi connectivity index (χ3v) is 6.57. The lowest BCUT2D eigenvalue weighted by molar-refractivity contribution is -0.177. The molecule has 38 heavy (non-hydrogen) atoms. The number of hydrogen-bond acceptors (Lipinski definition) is 10. The van der Waals surface area contributed by atoms with Crippen molar-refractivity contribution in [3.63, 3.8) is 0 Å². The van der Waals surface area contributed by atoms with Gasteiger partial charge in [-0.2, -0.15) is 0 Å². The minimum absolute atomic E-state index is 0.0267. The van der Waals surface area contributed by atoms with E-state index in [1.54, 1.807) is 20.8 Å². The van der Waals surface area contributed by atoms with Gasteiger partial charge in [-0.25, -0.2) is 4.98 Å². The van der Waals surface area contributed by atoms with Crippen molar-refractivity contribution in [2.45, 2.75) is 91.8 Å². The molecule has 1 aliphatic heterocycles. The number of aromatic nitrogens is 1. The van der Waals surface area contributed by atoms with Gasteiger partial charge < -0.3 is 23.7 Å². The van der Waals surface area contributed by atoms with E-state index in [1.807, 2.05) is 0 Å². The number of carbonyl (C=O) groups is 4. The zero-order chi connectivity index (χ0) is 28.2. The number of Topliss-reactive ketones (excluding diaryl/α,β-unsaturated/α-hetero) is 1. The molecule has 0 saturated carbocycles. The van der Waals surface area contributed by atoms with Gasteiger partial charge in [0.2, 0.25) is 6.79 Å². The fourth-order valence-electron chi connectivity index (χ4n) is 4.56. The van der Waals surface area contributed by atoms with Gasteiger partial charge in [0.05, 0.1) is 18.9 Å². The van der Waals surface area contributed by atoms with E-state index >= 15 is 0 Å². The molecular formula is C28H41NO9. The number of nitrogens with zero attached hydrogens (tertiary/aromatic N) is 1. The van der Waals surface area contributed by atoms with Crippen LogP contribution in [0.5, 0.6) is 11.5 Å². The lowest BCUT2D eigenvalue weighted by Crippen LogP contribution is -2.41. The Labute approximate surface area is 224 Å². The predicted octanol–water partition coefficient (Wildman–Crippen LogP) is 4.67. The highest BCUT2D eigenvalue weighted by Gasteiger charge is 2.36. The zero-order valence-corrected chi connectivity index (χ0v) is 23.3. The van der Waals surface area contributed by atoms with E-state index in [0.29, 0.717) is 12.8 Å². The van der Waals surface area contributed by atoms with Crippen LogP contribution in [0, 0.1) is 17.8 Å². The van der Waals surface area contributed by atoms with E-state index in [4.69, 9.17) is 23.7 Å². The SMILES string of the molecule is CCC[C@H]1CCCC[C@H](CC(=O)c2nccc(OC)c2OCOC(C)=O)C(=O)O[C@@H](C)[C@@H]1OC(=O)C(C)C. The van der Waals surface area contributed by atoms with Crippen LogP contribution >= 0.6 is 0 Å². The largest absolute Gasteiger partial charge is 0.493 e. The van der Waals surface area contributed by atoms with Crippen molar-refractivity contribution in [1.82, 2.24) is 4.98 Å². The second-order valence-electron chi connectivity index (χ2n) is 9.94. The molecule has 1 saturated heterocycles. The van der Waals surface area contributed by atoms with Crippen LogP contribution in [-0.4, -0.2) is 54.8 Å². The van der Waals surface area contributed by atoms with Crippen LogP contribution in [0.3, 0.4) is 0 Å². The van der Waals surface area contributed by atoms with Crippen molar-refractivity contribution in [2.24, 2.45) is 17.8 Å². The first kappa shape index (κ1) is 31.1. The molecule has 0 unspecified atom stereocenters. The Hall–Kier alpha value is -3.17. The predicted molar refractivity (Wildman–Crippen MR) is 138 cm³/mol. The smallest absolute Gasteiger partial charge is 0.309 e. The number of esters is 3. The standard InChI is InChI=1S/C28H41NO9/c1-7-10-20-11-8-9-12-21(28(33)37-18(4)25(20)38-27(32)17(2)3)15-22(31)24-26(36-16-35-19(5)30)23(34-6)13-14-29-24/h13-14,17-18,20-21,25H,7-12,15-16H2,1-6H3/t18-,20-,21+,25-/m0/s1. The fraction of sp³-hybridized carbons (Fsp3) is 0.679. The van der Waals surface area contributed by atoms with Crippen molar-refractivity contribution in [2.75, 3.05) is 13.9 Å². The van der Waals surface area contributed by atoms with Crippen LogP contribution in [0.15, 0.2) is 12.3 Å². The van der Waals surface area contributed by atoms with Gasteiger partial charge in [0.1, 0.15) is 12.2 Å². The number of hydrogen-bond donors (Lipinski definition) is 0. The minimum Gasteiger partial charge on any atom is -0.493 e. The molecular weight excluding hydrogens is 494 g/mol. The Kier molecular flexibility index (Phi) is 12.5.